The van der Waals surface area contributed by atoms with Gasteiger partial charge in [0.15, 0.2) is 0 Å². The topological polar surface area (TPSA) is 78.0 Å². The second kappa shape index (κ2) is 5.13. The molecule has 3 rings (SSSR count). The second-order valence-electron chi connectivity index (χ2n) is 5.08. The number of aromatic amines is 1. The van der Waals surface area contributed by atoms with Crippen molar-refractivity contribution >= 4 is 5.97 Å². The van der Waals surface area contributed by atoms with Crippen molar-refractivity contribution in [2.45, 2.75) is 24.7 Å². The molecule has 0 unspecified atom stereocenters. The Bertz CT molecular complexity index is 711. The maximum Gasteiger partial charge on any atom is 0.416 e. The molecule has 0 spiro atoms. The van der Waals surface area contributed by atoms with Gasteiger partial charge in [-0.2, -0.15) is 13.2 Å². The molecule has 2 aromatic rings. The zero-order valence-electron chi connectivity index (χ0n) is 11.2. The number of aliphatic carboxylic acids is 1. The fourth-order valence-electron chi connectivity index (χ4n) is 2.59. The van der Waals surface area contributed by atoms with E-state index in [2.05, 4.69) is 15.3 Å². The van der Waals surface area contributed by atoms with Crippen molar-refractivity contribution in [2.24, 2.45) is 0 Å². The summed E-state index contributed by atoms with van der Waals surface area (Å²) in [4.78, 5) is 18.2. The van der Waals surface area contributed by atoms with E-state index in [-0.39, 0.29) is 6.42 Å². The number of hydrogen-bond acceptors (Lipinski definition) is 3. The van der Waals surface area contributed by atoms with Gasteiger partial charge in [-0.25, -0.2) is 4.98 Å². The van der Waals surface area contributed by atoms with E-state index >= 15 is 0 Å². The van der Waals surface area contributed by atoms with E-state index in [0.717, 1.165) is 12.1 Å². The summed E-state index contributed by atoms with van der Waals surface area (Å²) in [7, 11) is 0. The minimum Gasteiger partial charge on any atom is -0.480 e. The van der Waals surface area contributed by atoms with E-state index < -0.39 is 29.8 Å². The van der Waals surface area contributed by atoms with Gasteiger partial charge in [-0.15, -0.1) is 0 Å². The minimum absolute atomic E-state index is 0.208. The highest BCUT2D eigenvalue weighted by molar-refractivity contribution is 5.74. The van der Waals surface area contributed by atoms with Gasteiger partial charge in [0.1, 0.15) is 6.04 Å². The van der Waals surface area contributed by atoms with Gasteiger partial charge in [0.2, 0.25) is 0 Å². The molecule has 1 aromatic heterocycles. The number of carboxylic acid groups (broad SMARTS) is 1. The van der Waals surface area contributed by atoms with Crippen LogP contribution in [0.25, 0.3) is 0 Å². The van der Waals surface area contributed by atoms with Gasteiger partial charge in [0.05, 0.1) is 23.6 Å². The Morgan fingerprint density at radius 2 is 2.14 bits per heavy atom. The number of fused-ring (bicyclic) bond motifs is 1. The molecule has 1 aromatic carbocycles. The number of aromatic nitrogens is 2. The van der Waals surface area contributed by atoms with E-state index in [1.165, 1.54) is 18.5 Å². The summed E-state index contributed by atoms with van der Waals surface area (Å²) < 4.78 is 38.5. The molecule has 0 aliphatic carbocycles. The molecule has 22 heavy (non-hydrogen) atoms. The van der Waals surface area contributed by atoms with Crippen molar-refractivity contribution in [1.29, 1.82) is 0 Å². The first-order valence-corrected chi connectivity index (χ1v) is 6.54. The van der Waals surface area contributed by atoms with Crippen LogP contribution in [0.1, 0.15) is 28.6 Å². The molecule has 0 radical (unpaired) electrons. The number of H-pyrrole nitrogens is 1. The van der Waals surface area contributed by atoms with Gasteiger partial charge in [-0.3, -0.25) is 10.1 Å². The Labute approximate surface area is 123 Å². The minimum atomic E-state index is -4.45. The van der Waals surface area contributed by atoms with Gasteiger partial charge >= 0.3 is 12.1 Å². The van der Waals surface area contributed by atoms with E-state index in [4.69, 9.17) is 0 Å². The molecule has 0 fully saturated rings. The van der Waals surface area contributed by atoms with Crippen LogP contribution in [0.5, 0.6) is 0 Å². The van der Waals surface area contributed by atoms with Gasteiger partial charge in [-0.1, -0.05) is 12.1 Å². The summed E-state index contributed by atoms with van der Waals surface area (Å²) in [6, 6.07) is 3.24. The summed E-state index contributed by atoms with van der Waals surface area (Å²) in [5, 5.41) is 12.0. The maximum atomic E-state index is 12.8. The van der Waals surface area contributed by atoms with Crippen LogP contribution in [-0.2, 0) is 17.4 Å². The van der Waals surface area contributed by atoms with Gasteiger partial charge < -0.3 is 10.1 Å². The lowest BCUT2D eigenvalue weighted by molar-refractivity contribution is -0.140. The zero-order valence-corrected chi connectivity index (χ0v) is 11.2. The molecule has 0 bridgehead atoms. The fourth-order valence-corrected chi connectivity index (χ4v) is 2.59. The van der Waals surface area contributed by atoms with Crippen LogP contribution in [0.15, 0.2) is 30.6 Å². The van der Waals surface area contributed by atoms with Crippen LogP contribution < -0.4 is 5.32 Å². The average molecular weight is 311 g/mol. The standard InChI is InChI=1S/C14H12F3N3O2/c15-14(16,17)8-3-1-2-7(4-8)11-12-9(18-6-19-12)5-10(20-11)13(21)22/h1-4,6,10-11,20H,5H2,(H,18,19)(H,21,22)/t10-,11+/m0/s1. The van der Waals surface area contributed by atoms with Crippen LogP contribution in [-0.4, -0.2) is 27.1 Å². The van der Waals surface area contributed by atoms with E-state index in [9.17, 15) is 23.1 Å². The van der Waals surface area contributed by atoms with Crippen molar-refractivity contribution in [3.05, 3.63) is 53.1 Å². The smallest absolute Gasteiger partial charge is 0.416 e. The monoisotopic (exact) mass is 311 g/mol. The van der Waals surface area contributed by atoms with Gasteiger partial charge in [0, 0.05) is 12.1 Å². The van der Waals surface area contributed by atoms with E-state index in [1.54, 1.807) is 0 Å². The quantitative estimate of drug-likeness (QED) is 0.794. The van der Waals surface area contributed by atoms with Gasteiger partial charge in [0.25, 0.3) is 0 Å². The molecule has 8 heteroatoms. The third-order valence-electron chi connectivity index (χ3n) is 3.65. The number of nitrogens with zero attached hydrogens (tertiary/aromatic N) is 1. The van der Waals surface area contributed by atoms with Crippen LogP contribution in [0.2, 0.25) is 0 Å². The second-order valence-corrected chi connectivity index (χ2v) is 5.08. The van der Waals surface area contributed by atoms with Crippen LogP contribution in [0.4, 0.5) is 13.2 Å². The van der Waals surface area contributed by atoms with E-state index in [0.29, 0.717) is 17.0 Å². The maximum absolute atomic E-state index is 12.8. The van der Waals surface area contributed by atoms with Crippen LogP contribution in [0.3, 0.4) is 0 Å². The van der Waals surface area contributed by atoms with Crippen LogP contribution in [0, 0.1) is 0 Å². The Balaban J connectivity index is 2.02. The number of hydrogen-bond donors (Lipinski definition) is 3. The van der Waals surface area contributed by atoms with Crippen molar-refractivity contribution in [2.75, 3.05) is 0 Å². The molecule has 0 amide bonds. The summed E-state index contributed by atoms with van der Waals surface area (Å²) >= 11 is 0. The molecule has 5 nitrogen and oxygen atoms in total. The number of imidazole rings is 1. The number of nitrogens with one attached hydrogen (secondary N) is 2. The predicted octanol–water partition coefficient (Wildman–Crippen LogP) is 2.12. The molecule has 116 valence electrons. The highest BCUT2D eigenvalue weighted by Crippen LogP contribution is 2.33. The summed E-state index contributed by atoms with van der Waals surface area (Å²) in [5.74, 6) is -1.06. The number of carbonyl (C=O) groups is 1. The Hall–Kier alpha value is -2.35. The molecule has 3 N–H and O–H groups in total. The Morgan fingerprint density at radius 3 is 2.82 bits per heavy atom. The van der Waals surface area contributed by atoms with Crippen LogP contribution >= 0.6 is 0 Å². The largest absolute Gasteiger partial charge is 0.480 e. The molecule has 1 aliphatic rings. The lowest BCUT2D eigenvalue weighted by Crippen LogP contribution is -2.45. The average Bonchev–Trinajstić information content (AvgIpc) is 2.93. The summed E-state index contributed by atoms with van der Waals surface area (Å²) in [6.07, 6.45) is -2.83. The third-order valence-corrected chi connectivity index (χ3v) is 3.65. The lowest BCUT2D eigenvalue weighted by atomic mass is 9.93. The molecular formula is C14H12F3N3O2. The number of halogens is 3. The molecule has 1 aliphatic heterocycles. The van der Waals surface area contributed by atoms with E-state index in [1.807, 2.05) is 0 Å². The number of alkyl halides is 3. The first-order valence-electron chi connectivity index (χ1n) is 6.54. The molecular weight excluding hydrogens is 299 g/mol. The highest BCUT2D eigenvalue weighted by Gasteiger charge is 2.35. The zero-order chi connectivity index (χ0) is 15.9. The predicted molar refractivity (Wildman–Crippen MR) is 70.1 cm³/mol. The third kappa shape index (κ3) is 2.57. The number of benzene rings is 1. The first kappa shape index (κ1) is 14.6. The molecule has 0 saturated carbocycles. The summed E-state index contributed by atoms with van der Waals surface area (Å²) in [5.41, 5.74) is 0.695. The molecule has 2 heterocycles. The first-order chi connectivity index (χ1) is 10.4. The molecule has 0 saturated heterocycles. The Morgan fingerprint density at radius 1 is 1.36 bits per heavy atom. The fraction of sp³-hybridized carbons (Fsp3) is 0.286. The SMILES string of the molecule is O=C(O)[C@@H]1Cc2[nH]cnc2[C@@H](c2cccc(C(F)(F)F)c2)N1. The van der Waals surface area contributed by atoms with Crippen molar-refractivity contribution in [3.8, 4) is 0 Å². The number of carboxylic acids is 1. The lowest BCUT2D eigenvalue weighted by Gasteiger charge is -2.28. The van der Waals surface area contributed by atoms with Crippen molar-refractivity contribution in [3.63, 3.8) is 0 Å². The summed E-state index contributed by atoms with van der Waals surface area (Å²) in [6.45, 7) is 0. The Kier molecular flexibility index (Phi) is 3.40. The van der Waals surface area contributed by atoms with Crippen molar-refractivity contribution in [1.82, 2.24) is 15.3 Å². The van der Waals surface area contributed by atoms with Gasteiger partial charge in [-0.05, 0) is 17.7 Å². The number of rotatable bonds is 2. The normalized spacial score (nSPS) is 21.4. The molecule has 2 atom stereocenters. The van der Waals surface area contributed by atoms with Crippen molar-refractivity contribution < 1.29 is 23.1 Å². The highest BCUT2D eigenvalue weighted by atomic mass is 19.4.